The van der Waals surface area contributed by atoms with Crippen LogP contribution in [0.1, 0.15) is 41.5 Å². The molecule has 23 heavy (non-hydrogen) atoms. The molecule has 0 saturated heterocycles. The van der Waals surface area contributed by atoms with Gasteiger partial charge in [-0.2, -0.15) is 10.2 Å². The zero-order chi connectivity index (χ0) is 16.2. The van der Waals surface area contributed by atoms with Crippen LogP contribution in [0.15, 0.2) is 36.8 Å². The normalized spacial score (nSPS) is 12.1. The summed E-state index contributed by atoms with van der Waals surface area (Å²) in [7, 11) is 0. The molecule has 2 N–H and O–H groups in total. The molecule has 8 nitrogen and oxygen atoms in total. The molecular weight excluding hydrogens is 294 g/mol. The Bertz CT molecular complexity index is 794. The Morgan fingerprint density at radius 3 is 2.96 bits per heavy atom. The van der Waals surface area contributed by atoms with Gasteiger partial charge in [-0.25, -0.2) is 9.67 Å². The summed E-state index contributed by atoms with van der Waals surface area (Å²) in [5, 5.41) is 13.9. The number of pyridine rings is 1. The first kappa shape index (κ1) is 14.9. The first-order chi connectivity index (χ1) is 11.2. The Balaban J connectivity index is 1.79. The van der Waals surface area contributed by atoms with Crippen LogP contribution in [0.2, 0.25) is 0 Å². The van der Waals surface area contributed by atoms with Crippen LogP contribution in [0.25, 0.3) is 5.69 Å². The van der Waals surface area contributed by atoms with Crippen LogP contribution in [0.3, 0.4) is 0 Å². The number of carbonyl (C=O) groups excluding carboxylic acids is 1. The average molecular weight is 311 g/mol. The van der Waals surface area contributed by atoms with Gasteiger partial charge in [0.2, 0.25) is 0 Å². The lowest BCUT2D eigenvalue weighted by atomic mass is 10.2. The monoisotopic (exact) mass is 311 g/mol. The number of nitrogens with zero attached hydrogens (tertiary/aromatic N) is 5. The van der Waals surface area contributed by atoms with Crippen LogP contribution in [-0.4, -0.2) is 35.9 Å². The number of rotatable bonds is 5. The number of hydrogen-bond donors (Lipinski definition) is 2. The van der Waals surface area contributed by atoms with Crippen molar-refractivity contribution in [3.8, 4) is 5.69 Å². The fourth-order valence-corrected chi connectivity index (χ4v) is 2.20. The first-order valence-electron chi connectivity index (χ1n) is 7.33. The zero-order valence-electron chi connectivity index (χ0n) is 12.9. The molecule has 0 fully saturated rings. The van der Waals surface area contributed by atoms with E-state index < -0.39 is 0 Å². The Morgan fingerprint density at radius 1 is 1.43 bits per heavy atom. The smallest absolute Gasteiger partial charge is 0.270 e. The third-order valence-electron chi connectivity index (χ3n) is 3.38. The summed E-state index contributed by atoms with van der Waals surface area (Å²) >= 11 is 0. The predicted molar refractivity (Wildman–Crippen MR) is 83.0 cm³/mol. The van der Waals surface area contributed by atoms with Crippen LogP contribution < -0.4 is 5.32 Å². The summed E-state index contributed by atoms with van der Waals surface area (Å²) in [4.78, 5) is 20.9. The molecular formula is C15H17N7O. The van der Waals surface area contributed by atoms with E-state index >= 15 is 0 Å². The van der Waals surface area contributed by atoms with Crippen LogP contribution >= 0.6 is 0 Å². The number of aromatic nitrogens is 6. The van der Waals surface area contributed by atoms with Gasteiger partial charge in [0, 0.05) is 18.6 Å². The van der Waals surface area contributed by atoms with Gasteiger partial charge in [-0.05, 0) is 31.5 Å². The second-order valence-corrected chi connectivity index (χ2v) is 5.06. The van der Waals surface area contributed by atoms with Crippen molar-refractivity contribution in [1.29, 1.82) is 0 Å². The van der Waals surface area contributed by atoms with E-state index in [4.69, 9.17) is 0 Å². The van der Waals surface area contributed by atoms with Gasteiger partial charge in [0.25, 0.3) is 5.91 Å². The molecule has 0 aliphatic heterocycles. The Morgan fingerprint density at radius 2 is 2.30 bits per heavy atom. The largest absolute Gasteiger partial charge is 0.341 e. The molecule has 1 amide bonds. The van der Waals surface area contributed by atoms with Gasteiger partial charge in [-0.15, -0.1) is 0 Å². The van der Waals surface area contributed by atoms with Crippen LogP contribution in [-0.2, 0) is 0 Å². The van der Waals surface area contributed by atoms with Crippen molar-refractivity contribution >= 4 is 5.91 Å². The molecule has 1 atom stereocenters. The number of H-pyrrole nitrogens is 1. The van der Waals surface area contributed by atoms with Gasteiger partial charge >= 0.3 is 0 Å². The van der Waals surface area contributed by atoms with E-state index in [1.165, 1.54) is 0 Å². The molecule has 0 spiro atoms. The van der Waals surface area contributed by atoms with Gasteiger partial charge < -0.3 is 5.32 Å². The third kappa shape index (κ3) is 3.25. The number of aryl methyl sites for hydroxylation is 1. The van der Waals surface area contributed by atoms with Crippen LogP contribution in [0, 0.1) is 6.92 Å². The topological polar surface area (TPSA) is 101 Å². The zero-order valence-corrected chi connectivity index (χ0v) is 12.9. The lowest BCUT2D eigenvalue weighted by Crippen LogP contribution is -2.29. The fourth-order valence-electron chi connectivity index (χ4n) is 2.20. The molecule has 0 bridgehead atoms. The molecule has 3 rings (SSSR count). The van der Waals surface area contributed by atoms with Gasteiger partial charge in [-0.1, -0.05) is 6.92 Å². The van der Waals surface area contributed by atoms with Crippen molar-refractivity contribution in [1.82, 2.24) is 35.3 Å². The molecule has 0 radical (unpaired) electrons. The molecule has 118 valence electrons. The maximum Gasteiger partial charge on any atom is 0.270 e. The minimum atomic E-state index is -0.270. The summed E-state index contributed by atoms with van der Waals surface area (Å²) in [6.07, 6.45) is 5.76. The number of nitrogens with one attached hydrogen (secondary N) is 2. The van der Waals surface area contributed by atoms with E-state index in [1.807, 2.05) is 26.1 Å². The highest BCUT2D eigenvalue weighted by atomic mass is 16.1. The van der Waals surface area contributed by atoms with Crippen molar-refractivity contribution in [3.63, 3.8) is 0 Å². The van der Waals surface area contributed by atoms with Gasteiger partial charge in [0.15, 0.2) is 5.82 Å². The molecule has 0 aliphatic rings. The molecule has 0 aliphatic carbocycles. The third-order valence-corrected chi connectivity index (χ3v) is 3.38. The summed E-state index contributed by atoms with van der Waals surface area (Å²) in [6.45, 7) is 3.78. The van der Waals surface area contributed by atoms with Crippen molar-refractivity contribution < 1.29 is 4.79 Å². The predicted octanol–water partition coefficient (Wildman–Crippen LogP) is 1.57. The lowest BCUT2D eigenvalue weighted by molar-refractivity contribution is 0.0928. The first-order valence-corrected chi connectivity index (χ1v) is 7.33. The molecule has 0 saturated carbocycles. The van der Waals surface area contributed by atoms with E-state index in [0.717, 1.165) is 5.69 Å². The maximum atomic E-state index is 12.4. The number of amides is 1. The van der Waals surface area contributed by atoms with Crippen LogP contribution in [0.5, 0.6) is 0 Å². The Hall–Kier alpha value is -3.03. The van der Waals surface area contributed by atoms with Crippen molar-refractivity contribution in [2.45, 2.75) is 26.3 Å². The Kier molecular flexibility index (Phi) is 4.13. The van der Waals surface area contributed by atoms with Crippen LogP contribution in [0.4, 0.5) is 0 Å². The summed E-state index contributed by atoms with van der Waals surface area (Å²) < 4.78 is 1.67. The highest BCUT2D eigenvalue weighted by Gasteiger charge is 2.18. The van der Waals surface area contributed by atoms with E-state index in [9.17, 15) is 4.79 Å². The van der Waals surface area contributed by atoms with Gasteiger partial charge in [-0.3, -0.25) is 14.9 Å². The molecule has 0 aromatic carbocycles. The van der Waals surface area contributed by atoms with Gasteiger partial charge in [0.05, 0.1) is 11.7 Å². The SMILES string of the molecule is CC[C@@H](NC(=O)c1cc(-n2cccn2)ccn1)c1n[nH]c(C)n1. The van der Waals surface area contributed by atoms with E-state index in [2.05, 4.69) is 30.6 Å². The highest BCUT2D eigenvalue weighted by Crippen LogP contribution is 2.13. The van der Waals surface area contributed by atoms with Gasteiger partial charge in [0.1, 0.15) is 11.5 Å². The Labute approximate surface area is 133 Å². The van der Waals surface area contributed by atoms with Crippen molar-refractivity contribution in [3.05, 3.63) is 54.1 Å². The molecule has 3 heterocycles. The minimum absolute atomic E-state index is 0.261. The summed E-state index contributed by atoms with van der Waals surface area (Å²) in [5.41, 5.74) is 1.10. The number of hydrogen-bond acceptors (Lipinski definition) is 5. The van der Waals surface area contributed by atoms with E-state index in [1.54, 1.807) is 29.2 Å². The molecule has 0 unspecified atom stereocenters. The maximum absolute atomic E-state index is 12.4. The number of aromatic amines is 1. The quantitative estimate of drug-likeness (QED) is 0.745. The van der Waals surface area contributed by atoms with E-state index in [0.29, 0.717) is 23.8 Å². The minimum Gasteiger partial charge on any atom is -0.341 e. The fraction of sp³-hybridized carbons (Fsp3) is 0.267. The molecule has 3 aromatic rings. The second kappa shape index (κ2) is 6.39. The second-order valence-electron chi connectivity index (χ2n) is 5.06. The highest BCUT2D eigenvalue weighted by molar-refractivity contribution is 5.92. The van der Waals surface area contributed by atoms with Crippen molar-refractivity contribution in [2.24, 2.45) is 0 Å². The summed E-state index contributed by atoms with van der Waals surface area (Å²) in [6, 6.07) is 5.04. The summed E-state index contributed by atoms with van der Waals surface area (Å²) in [5.74, 6) is 1.02. The molecule has 8 heteroatoms. The lowest BCUT2D eigenvalue weighted by Gasteiger charge is -2.13. The van der Waals surface area contributed by atoms with Crippen molar-refractivity contribution in [2.75, 3.05) is 0 Å². The van der Waals surface area contributed by atoms with E-state index in [-0.39, 0.29) is 11.9 Å². The standard InChI is InChI=1S/C15H17N7O/c1-3-12(14-18-10(2)20-21-14)19-15(23)13-9-11(5-7-16-13)22-8-4-6-17-22/h4-9,12H,3H2,1-2H3,(H,19,23)(H,18,20,21)/t12-/m1/s1. The number of carbonyl (C=O) groups is 1. The average Bonchev–Trinajstić information content (AvgIpc) is 3.24. The molecule has 3 aromatic heterocycles.